The van der Waals surface area contributed by atoms with E-state index in [1.54, 1.807) is 7.11 Å². The molecule has 0 radical (unpaired) electrons. The van der Waals surface area contributed by atoms with Crippen LogP contribution in [0.25, 0.3) is 0 Å². The number of nitrogens with zero attached hydrogens (tertiary/aromatic N) is 2. The van der Waals surface area contributed by atoms with Crippen molar-refractivity contribution in [3.8, 4) is 5.75 Å². The molecule has 4 nitrogen and oxygen atoms in total. The van der Waals surface area contributed by atoms with Crippen LogP contribution in [-0.2, 0) is 6.42 Å². The van der Waals surface area contributed by atoms with Crippen LogP contribution in [0.2, 0.25) is 0 Å². The lowest BCUT2D eigenvalue weighted by molar-refractivity contribution is 0.0703. The molecule has 0 saturated heterocycles. The predicted molar refractivity (Wildman–Crippen MR) is 89.7 cm³/mol. The Bertz CT molecular complexity index is 622. The van der Waals surface area contributed by atoms with Crippen molar-refractivity contribution in [2.75, 3.05) is 13.7 Å². The Kier molecular flexibility index (Phi) is 5.55. The molecule has 118 valence electrons. The maximum atomic E-state index is 12.7. The van der Waals surface area contributed by atoms with Crippen LogP contribution in [0.4, 0.5) is 0 Å². The molecule has 0 N–H and O–H groups in total. The summed E-state index contributed by atoms with van der Waals surface area (Å²) in [7, 11) is 1.66. The van der Waals surface area contributed by atoms with Gasteiger partial charge >= 0.3 is 0 Å². The van der Waals surface area contributed by atoms with Gasteiger partial charge in [-0.05, 0) is 56.4 Å². The number of ether oxygens (including phenoxy) is 1. The minimum absolute atomic E-state index is 0.0646. The van der Waals surface area contributed by atoms with Gasteiger partial charge in [0.2, 0.25) is 0 Å². The van der Waals surface area contributed by atoms with E-state index in [0.717, 1.165) is 17.9 Å². The van der Waals surface area contributed by atoms with Crippen molar-refractivity contribution < 1.29 is 9.53 Å². The van der Waals surface area contributed by atoms with E-state index in [9.17, 15) is 4.79 Å². The Morgan fingerprint density at radius 1 is 1.36 bits per heavy atom. The molecule has 0 bridgehead atoms. The molecule has 22 heavy (non-hydrogen) atoms. The molecule has 2 aromatic rings. The SMILES string of the molecule is CCN(C(=O)c1csnc1C)[C@@H](C)Cc1ccc(OC)cc1. The number of aryl methyl sites for hydroxylation is 1. The summed E-state index contributed by atoms with van der Waals surface area (Å²) in [6.07, 6.45) is 0.820. The van der Waals surface area contributed by atoms with Crippen molar-refractivity contribution in [3.63, 3.8) is 0 Å². The lowest BCUT2D eigenvalue weighted by atomic mass is 10.0. The van der Waals surface area contributed by atoms with Gasteiger partial charge in [-0.25, -0.2) is 0 Å². The van der Waals surface area contributed by atoms with Gasteiger partial charge in [0.25, 0.3) is 5.91 Å². The summed E-state index contributed by atoms with van der Waals surface area (Å²) in [5.41, 5.74) is 2.72. The normalized spacial score (nSPS) is 12.0. The molecule has 0 saturated carbocycles. The second-order valence-corrected chi connectivity index (χ2v) is 5.94. The molecule has 2 rings (SSSR count). The summed E-state index contributed by atoms with van der Waals surface area (Å²) in [5, 5.41) is 1.83. The van der Waals surface area contributed by atoms with E-state index in [4.69, 9.17) is 4.74 Å². The van der Waals surface area contributed by atoms with Crippen LogP contribution in [-0.4, -0.2) is 34.9 Å². The van der Waals surface area contributed by atoms with Gasteiger partial charge in [0.1, 0.15) is 5.75 Å². The van der Waals surface area contributed by atoms with Crippen molar-refractivity contribution >= 4 is 17.4 Å². The van der Waals surface area contributed by atoms with E-state index < -0.39 is 0 Å². The van der Waals surface area contributed by atoms with E-state index in [0.29, 0.717) is 12.1 Å². The highest BCUT2D eigenvalue weighted by atomic mass is 32.1. The molecular weight excluding hydrogens is 296 g/mol. The molecule has 1 aromatic carbocycles. The molecule has 0 aliphatic heterocycles. The van der Waals surface area contributed by atoms with Crippen LogP contribution in [0.1, 0.15) is 35.5 Å². The zero-order chi connectivity index (χ0) is 16.1. The number of carbonyl (C=O) groups excluding carboxylic acids is 1. The highest BCUT2D eigenvalue weighted by molar-refractivity contribution is 7.03. The van der Waals surface area contributed by atoms with Gasteiger partial charge < -0.3 is 9.64 Å². The molecule has 5 heteroatoms. The first-order valence-electron chi connectivity index (χ1n) is 7.41. The van der Waals surface area contributed by atoms with E-state index in [-0.39, 0.29) is 11.9 Å². The van der Waals surface area contributed by atoms with Gasteiger partial charge in [-0.2, -0.15) is 4.37 Å². The third-order valence-corrected chi connectivity index (χ3v) is 4.52. The maximum Gasteiger partial charge on any atom is 0.256 e. The van der Waals surface area contributed by atoms with Crippen LogP contribution >= 0.6 is 11.5 Å². The number of benzene rings is 1. The molecule has 0 aliphatic rings. The number of hydrogen-bond acceptors (Lipinski definition) is 4. The zero-order valence-electron chi connectivity index (χ0n) is 13.5. The van der Waals surface area contributed by atoms with Crippen LogP contribution in [0, 0.1) is 6.92 Å². The smallest absolute Gasteiger partial charge is 0.256 e. The molecule has 1 aromatic heterocycles. The van der Waals surface area contributed by atoms with Gasteiger partial charge in [0.15, 0.2) is 0 Å². The van der Waals surface area contributed by atoms with Gasteiger partial charge in [-0.15, -0.1) is 0 Å². The number of rotatable bonds is 6. The average Bonchev–Trinajstić information content (AvgIpc) is 2.94. The highest BCUT2D eigenvalue weighted by Crippen LogP contribution is 2.18. The summed E-state index contributed by atoms with van der Waals surface area (Å²) < 4.78 is 9.37. The number of carbonyl (C=O) groups is 1. The third kappa shape index (κ3) is 3.65. The molecule has 0 unspecified atom stereocenters. The van der Waals surface area contributed by atoms with E-state index in [1.807, 2.05) is 48.4 Å². The monoisotopic (exact) mass is 318 g/mol. The molecule has 0 spiro atoms. The second-order valence-electron chi connectivity index (χ2n) is 5.31. The first-order valence-corrected chi connectivity index (χ1v) is 8.25. The first kappa shape index (κ1) is 16.5. The fraction of sp³-hybridized carbons (Fsp3) is 0.412. The average molecular weight is 318 g/mol. The first-order chi connectivity index (χ1) is 10.6. The summed E-state index contributed by atoms with van der Waals surface area (Å²) >= 11 is 1.33. The van der Waals surface area contributed by atoms with Crippen molar-refractivity contribution in [3.05, 3.63) is 46.5 Å². The lowest BCUT2D eigenvalue weighted by Crippen LogP contribution is -2.39. The fourth-order valence-corrected chi connectivity index (χ4v) is 3.21. The molecule has 1 atom stereocenters. The summed E-state index contributed by atoms with van der Waals surface area (Å²) in [6, 6.07) is 8.13. The topological polar surface area (TPSA) is 42.4 Å². The van der Waals surface area contributed by atoms with Crippen LogP contribution in [0.3, 0.4) is 0 Å². The highest BCUT2D eigenvalue weighted by Gasteiger charge is 2.22. The van der Waals surface area contributed by atoms with E-state index >= 15 is 0 Å². The minimum atomic E-state index is 0.0646. The van der Waals surface area contributed by atoms with Crippen LogP contribution < -0.4 is 4.74 Å². The zero-order valence-corrected chi connectivity index (χ0v) is 14.3. The van der Waals surface area contributed by atoms with E-state index in [2.05, 4.69) is 11.3 Å². The summed E-state index contributed by atoms with van der Waals surface area (Å²) in [5.74, 6) is 0.912. The van der Waals surface area contributed by atoms with Gasteiger partial charge in [-0.1, -0.05) is 12.1 Å². The minimum Gasteiger partial charge on any atom is -0.497 e. The Morgan fingerprint density at radius 2 is 2.05 bits per heavy atom. The molecular formula is C17H22N2O2S. The summed E-state index contributed by atoms with van der Waals surface area (Å²) in [4.78, 5) is 14.6. The standard InChI is InChI=1S/C17H22N2O2S/c1-5-19(17(20)16-11-22-18-13(16)3)12(2)10-14-6-8-15(21-4)9-7-14/h6-9,11-12H,5,10H2,1-4H3/t12-/m0/s1. The van der Waals surface area contributed by atoms with Gasteiger partial charge in [0.05, 0.1) is 18.4 Å². The van der Waals surface area contributed by atoms with E-state index in [1.165, 1.54) is 17.1 Å². The van der Waals surface area contributed by atoms with Crippen molar-refractivity contribution in [2.24, 2.45) is 0 Å². The van der Waals surface area contributed by atoms with Gasteiger partial charge in [-0.3, -0.25) is 4.79 Å². The van der Waals surface area contributed by atoms with Gasteiger partial charge in [0, 0.05) is 18.0 Å². The maximum absolute atomic E-state index is 12.7. The van der Waals surface area contributed by atoms with Crippen LogP contribution in [0.5, 0.6) is 5.75 Å². The number of hydrogen-bond donors (Lipinski definition) is 0. The summed E-state index contributed by atoms with van der Waals surface area (Å²) in [6.45, 7) is 6.66. The largest absolute Gasteiger partial charge is 0.497 e. The predicted octanol–water partition coefficient (Wildman–Crippen LogP) is 3.55. The number of likely N-dealkylation sites (N-methyl/N-ethyl adjacent to an activating group) is 1. The second kappa shape index (κ2) is 7.40. The van der Waals surface area contributed by atoms with Crippen molar-refractivity contribution in [2.45, 2.75) is 33.2 Å². The number of aromatic nitrogens is 1. The molecule has 1 heterocycles. The number of methoxy groups -OCH3 is 1. The van der Waals surface area contributed by atoms with Crippen molar-refractivity contribution in [1.29, 1.82) is 0 Å². The molecule has 0 fully saturated rings. The Hall–Kier alpha value is -1.88. The van der Waals surface area contributed by atoms with Crippen LogP contribution in [0.15, 0.2) is 29.6 Å². The third-order valence-electron chi connectivity index (χ3n) is 3.80. The Morgan fingerprint density at radius 3 is 2.55 bits per heavy atom. The number of amides is 1. The molecule has 1 amide bonds. The quantitative estimate of drug-likeness (QED) is 0.818. The Labute approximate surface area is 135 Å². The lowest BCUT2D eigenvalue weighted by Gasteiger charge is -2.28. The fourth-order valence-electron chi connectivity index (χ4n) is 2.52. The van der Waals surface area contributed by atoms with Crippen molar-refractivity contribution in [1.82, 2.24) is 9.27 Å². The Balaban J connectivity index is 2.09. The molecule has 0 aliphatic carbocycles.